The Labute approximate surface area is 83.5 Å². The largest absolute Gasteiger partial charge is 0.493 e. The summed E-state index contributed by atoms with van der Waals surface area (Å²) in [6.07, 6.45) is 2.10. The summed E-state index contributed by atoms with van der Waals surface area (Å²) in [6, 6.07) is 5.63. The molecule has 76 valence electrons. The second-order valence-corrected chi connectivity index (χ2v) is 3.61. The third-order valence-electron chi connectivity index (χ3n) is 2.56. The molecule has 3 nitrogen and oxygen atoms in total. The van der Waals surface area contributed by atoms with E-state index >= 15 is 0 Å². The van der Waals surface area contributed by atoms with Crippen molar-refractivity contribution in [2.45, 2.75) is 18.9 Å². The number of aliphatic hydroxyl groups is 1. The fourth-order valence-electron chi connectivity index (χ4n) is 1.72. The van der Waals surface area contributed by atoms with Crippen LogP contribution in [0.3, 0.4) is 0 Å². The van der Waals surface area contributed by atoms with Crippen molar-refractivity contribution in [2.24, 2.45) is 5.73 Å². The molecule has 0 aliphatic carbocycles. The number of rotatable bonds is 2. The molecule has 0 amide bonds. The number of hydrogen-bond acceptors (Lipinski definition) is 3. The maximum Gasteiger partial charge on any atom is 0.122 e. The van der Waals surface area contributed by atoms with Crippen LogP contribution in [0.2, 0.25) is 0 Å². The number of ether oxygens (including phenoxy) is 1. The number of benzene rings is 1. The van der Waals surface area contributed by atoms with E-state index in [0.717, 1.165) is 30.8 Å². The van der Waals surface area contributed by atoms with Gasteiger partial charge in [0.1, 0.15) is 5.75 Å². The van der Waals surface area contributed by atoms with Crippen molar-refractivity contribution in [1.29, 1.82) is 0 Å². The highest BCUT2D eigenvalue weighted by molar-refractivity contribution is 5.39. The highest BCUT2D eigenvalue weighted by Crippen LogP contribution is 2.27. The Hall–Kier alpha value is -1.06. The molecule has 1 atom stereocenters. The third-order valence-corrected chi connectivity index (χ3v) is 2.56. The van der Waals surface area contributed by atoms with Crippen LogP contribution in [0.1, 0.15) is 23.6 Å². The molecule has 14 heavy (non-hydrogen) atoms. The number of aliphatic hydroxyl groups excluding tert-OH is 1. The lowest BCUT2D eigenvalue weighted by atomic mass is 10.00. The molecule has 3 N–H and O–H groups in total. The third kappa shape index (κ3) is 1.74. The van der Waals surface area contributed by atoms with Crippen LogP contribution in [0, 0.1) is 0 Å². The van der Waals surface area contributed by atoms with E-state index < -0.39 is 0 Å². The topological polar surface area (TPSA) is 55.5 Å². The van der Waals surface area contributed by atoms with E-state index in [1.165, 1.54) is 5.56 Å². The first kappa shape index (κ1) is 9.49. The second kappa shape index (κ2) is 3.98. The van der Waals surface area contributed by atoms with Crippen molar-refractivity contribution >= 4 is 0 Å². The summed E-state index contributed by atoms with van der Waals surface area (Å²) < 4.78 is 5.49. The van der Waals surface area contributed by atoms with Gasteiger partial charge in [-0.3, -0.25) is 0 Å². The number of fused-ring (bicyclic) bond motifs is 1. The fraction of sp³-hybridized carbons (Fsp3) is 0.455. The van der Waals surface area contributed by atoms with Gasteiger partial charge in [-0.2, -0.15) is 0 Å². The molecule has 0 spiro atoms. The average Bonchev–Trinajstić information content (AvgIpc) is 2.27. The van der Waals surface area contributed by atoms with Gasteiger partial charge in [-0.25, -0.2) is 0 Å². The normalized spacial score (nSPS) is 17.0. The zero-order valence-electron chi connectivity index (χ0n) is 8.07. The molecule has 1 aromatic rings. The Morgan fingerprint density at radius 1 is 1.50 bits per heavy atom. The lowest BCUT2D eigenvalue weighted by Gasteiger charge is -2.19. The van der Waals surface area contributed by atoms with Gasteiger partial charge >= 0.3 is 0 Å². The summed E-state index contributed by atoms with van der Waals surface area (Å²) in [7, 11) is 0. The maximum atomic E-state index is 8.94. The summed E-state index contributed by atoms with van der Waals surface area (Å²) in [4.78, 5) is 0. The van der Waals surface area contributed by atoms with E-state index in [1.54, 1.807) is 0 Å². The monoisotopic (exact) mass is 193 g/mol. The van der Waals surface area contributed by atoms with E-state index in [1.807, 2.05) is 18.2 Å². The summed E-state index contributed by atoms with van der Waals surface area (Å²) in [5.74, 6) is 0.963. The molecule has 1 aliphatic heterocycles. The van der Waals surface area contributed by atoms with Crippen molar-refractivity contribution in [3.63, 3.8) is 0 Å². The van der Waals surface area contributed by atoms with Gasteiger partial charge in [0.15, 0.2) is 0 Å². The molecule has 0 saturated heterocycles. The Morgan fingerprint density at radius 2 is 2.36 bits per heavy atom. The van der Waals surface area contributed by atoms with Gasteiger partial charge in [0.05, 0.1) is 19.3 Å². The first-order chi connectivity index (χ1) is 6.81. The van der Waals surface area contributed by atoms with Crippen LogP contribution in [0.5, 0.6) is 5.75 Å². The molecular weight excluding hydrogens is 178 g/mol. The first-order valence-electron chi connectivity index (χ1n) is 4.93. The zero-order chi connectivity index (χ0) is 9.97. The predicted octanol–water partition coefficient (Wildman–Crippen LogP) is 1.00. The Morgan fingerprint density at radius 3 is 3.14 bits per heavy atom. The zero-order valence-corrected chi connectivity index (χ0v) is 8.07. The molecule has 0 fully saturated rings. The van der Waals surface area contributed by atoms with Crippen LogP contribution in [0.15, 0.2) is 18.2 Å². The van der Waals surface area contributed by atoms with Gasteiger partial charge in [-0.1, -0.05) is 12.1 Å². The summed E-state index contributed by atoms with van der Waals surface area (Å²) in [5, 5.41) is 8.94. The van der Waals surface area contributed by atoms with E-state index in [9.17, 15) is 0 Å². The van der Waals surface area contributed by atoms with E-state index in [2.05, 4.69) is 0 Å². The highest BCUT2D eigenvalue weighted by Gasteiger charge is 2.12. The molecule has 2 rings (SSSR count). The van der Waals surface area contributed by atoms with Gasteiger partial charge in [0.25, 0.3) is 0 Å². The predicted molar refractivity (Wildman–Crippen MR) is 54.3 cm³/mol. The lowest BCUT2D eigenvalue weighted by Crippen LogP contribution is -2.16. The van der Waals surface area contributed by atoms with Crippen molar-refractivity contribution < 1.29 is 9.84 Å². The maximum absolute atomic E-state index is 8.94. The van der Waals surface area contributed by atoms with Crippen LogP contribution in [-0.2, 0) is 6.42 Å². The molecule has 0 unspecified atom stereocenters. The molecule has 1 aliphatic rings. The summed E-state index contributed by atoms with van der Waals surface area (Å²) in [5.41, 5.74) is 7.93. The Balaban J connectivity index is 2.29. The van der Waals surface area contributed by atoms with Gasteiger partial charge in [-0.15, -0.1) is 0 Å². The molecule has 1 heterocycles. The number of hydrogen-bond donors (Lipinski definition) is 2. The molecule has 0 saturated carbocycles. The van der Waals surface area contributed by atoms with Gasteiger partial charge in [-0.05, 0) is 30.0 Å². The van der Waals surface area contributed by atoms with Crippen molar-refractivity contribution in [2.75, 3.05) is 13.2 Å². The molecule has 0 radical (unpaired) electrons. The SMILES string of the molecule is N[C@H](CO)c1ccc2c(c1)CCCO2. The average molecular weight is 193 g/mol. The van der Waals surface area contributed by atoms with Gasteiger partial charge < -0.3 is 15.6 Å². The molecule has 0 aromatic heterocycles. The minimum atomic E-state index is -0.276. The lowest BCUT2D eigenvalue weighted by molar-refractivity contribution is 0.266. The molecule has 1 aromatic carbocycles. The highest BCUT2D eigenvalue weighted by atomic mass is 16.5. The summed E-state index contributed by atoms with van der Waals surface area (Å²) in [6.45, 7) is 0.790. The summed E-state index contributed by atoms with van der Waals surface area (Å²) >= 11 is 0. The van der Waals surface area contributed by atoms with Crippen molar-refractivity contribution in [1.82, 2.24) is 0 Å². The second-order valence-electron chi connectivity index (χ2n) is 3.61. The standard InChI is InChI=1S/C11H15NO2/c12-10(7-13)8-3-4-11-9(6-8)2-1-5-14-11/h3-4,6,10,13H,1-2,5,7,12H2/t10-/m1/s1. The van der Waals surface area contributed by atoms with Crippen LogP contribution >= 0.6 is 0 Å². The quantitative estimate of drug-likeness (QED) is 0.736. The van der Waals surface area contributed by atoms with E-state index in [4.69, 9.17) is 15.6 Å². The number of nitrogens with two attached hydrogens (primary N) is 1. The molecule has 0 bridgehead atoms. The molecule has 3 heteroatoms. The van der Waals surface area contributed by atoms with Crippen LogP contribution in [-0.4, -0.2) is 18.3 Å². The van der Waals surface area contributed by atoms with Gasteiger partial charge in [0, 0.05) is 0 Å². The smallest absolute Gasteiger partial charge is 0.122 e. The van der Waals surface area contributed by atoms with Crippen LogP contribution in [0.4, 0.5) is 0 Å². The van der Waals surface area contributed by atoms with Crippen molar-refractivity contribution in [3.05, 3.63) is 29.3 Å². The van der Waals surface area contributed by atoms with E-state index in [-0.39, 0.29) is 12.6 Å². The number of aryl methyl sites for hydroxylation is 1. The van der Waals surface area contributed by atoms with E-state index in [0.29, 0.717) is 0 Å². The fourth-order valence-corrected chi connectivity index (χ4v) is 1.72. The first-order valence-corrected chi connectivity index (χ1v) is 4.93. The minimum absolute atomic E-state index is 0.0142. The van der Waals surface area contributed by atoms with Crippen molar-refractivity contribution in [3.8, 4) is 5.75 Å². The Kier molecular flexibility index (Phi) is 2.70. The van der Waals surface area contributed by atoms with Gasteiger partial charge in [0.2, 0.25) is 0 Å². The molecular formula is C11H15NO2. The minimum Gasteiger partial charge on any atom is -0.493 e. The Bertz CT molecular complexity index is 325. The van der Waals surface area contributed by atoms with Crippen LogP contribution < -0.4 is 10.5 Å². The van der Waals surface area contributed by atoms with Crippen LogP contribution in [0.25, 0.3) is 0 Å².